The molecule has 1 atom stereocenters. The number of nitrogens with zero attached hydrogens (tertiary/aromatic N) is 2. The van der Waals surface area contributed by atoms with E-state index in [9.17, 15) is 21.6 Å². The second-order valence-electron chi connectivity index (χ2n) is 7.34. The molecule has 162 valence electrons. The third-order valence-corrected chi connectivity index (χ3v) is 6.71. The normalized spacial score (nSPS) is 17.1. The third-order valence-electron chi connectivity index (χ3n) is 5.17. The summed E-state index contributed by atoms with van der Waals surface area (Å²) in [4.78, 5) is 6.37. The van der Waals surface area contributed by atoms with Gasteiger partial charge >= 0.3 is 6.18 Å². The highest BCUT2D eigenvalue weighted by Gasteiger charge is 2.31. The molecule has 0 saturated carbocycles. The number of anilines is 1. The van der Waals surface area contributed by atoms with E-state index in [0.29, 0.717) is 30.6 Å². The van der Waals surface area contributed by atoms with E-state index in [4.69, 9.17) is 0 Å². The van der Waals surface area contributed by atoms with Gasteiger partial charge in [-0.05, 0) is 53.9 Å². The molecule has 0 spiro atoms. The van der Waals surface area contributed by atoms with E-state index in [1.165, 1.54) is 30.3 Å². The van der Waals surface area contributed by atoms with Gasteiger partial charge in [0.25, 0.3) is 0 Å². The second kappa shape index (κ2) is 8.32. The lowest BCUT2D eigenvalue weighted by Gasteiger charge is -2.18. The minimum atomic E-state index is -4.44. The largest absolute Gasteiger partial charge is 0.416 e. The number of alkyl halides is 3. The summed E-state index contributed by atoms with van der Waals surface area (Å²) in [5.74, 6) is 0.801. The zero-order valence-electron chi connectivity index (χ0n) is 16.4. The Labute approximate surface area is 178 Å². The van der Waals surface area contributed by atoms with Gasteiger partial charge in [0, 0.05) is 25.3 Å². The van der Waals surface area contributed by atoms with Gasteiger partial charge in [0.05, 0.1) is 10.5 Å². The lowest BCUT2D eigenvalue weighted by Crippen LogP contribution is -2.37. The van der Waals surface area contributed by atoms with Crippen LogP contribution in [0.4, 0.5) is 19.0 Å². The van der Waals surface area contributed by atoms with Gasteiger partial charge in [0.1, 0.15) is 5.82 Å². The van der Waals surface area contributed by atoms with Gasteiger partial charge in [-0.15, -0.1) is 0 Å². The van der Waals surface area contributed by atoms with Crippen LogP contribution in [0.25, 0.3) is 11.1 Å². The number of aromatic nitrogens is 1. The standard InChI is InChI=1S/C22H20F3N3O2S/c23-22(24,25)18-5-3-4-17(14-18)16-7-9-20(10-8-16)31(29,30)27-19-11-13-28(15-19)21-6-1-2-12-26-21/h1-10,12,14,19,27H,11,13,15H2/t19-/m0/s1. The maximum absolute atomic E-state index is 12.9. The topological polar surface area (TPSA) is 62.3 Å². The fourth-order valence-electron chi connectivity index (χ4n) is 3.59. The molecule has 2 heterocycles. The predicted octanol–water partition coefficient (Wildman–Crippen LogP) is 4.32. The summed E-state index contributed by atoms with van der Waals surface area (Å²) in [5, 5.41) is 0. The zero-order chi connectivity index (χ0) is 22.1. The van der Waals surface area contributed by atoms with Gasteiger partial charge in [-0.1, -0.05) is 30.3 Å². The van der Waals surface area contributed by atoms with E-state index in [1.54, 1.807) is 12.3 Å². The molecular formula is C22H20F3N3O2S. The predicted molar refractivity (Wildman–Crippen MR) is 112 cm³/mol. The van der Waals surface area contributed by atoms with Crippen LogP contribution in [0.2, 0.25) is 0 Å². The van der Waals surface area contributed by atoms with E-state index < -0.39 is 21.8 Å². The number of halogens is 3. The van der Waals surface area contributed by atoms with Crippen molar-refractivity contribution in [3.8, 4) is 11.1 Å². The van der Waals surface area contributed by atoms with Gasteiger partial charge < -0.3 is 4.90 Å². The molecule has 1 aromatic heterocycles. The molecule has 5 nitrogen and oxygen atoms in total. The highest BCUT2D eigenvalue weighted by atomic mass is 32.2. The number of benzene rings is 2. The van der Waals surface area contributed by atoms with Crippen molar-refractivity contribution in [1.29, 1.82) is 0 Å². The Morgan fingerprint density at radius 3 is 2.42 bits per heavy atom. The minimum Gasteiger partial charge on any atom is -0.355 e. The van der Waals surface area contributed by atoms with E-state index >= 15 is 0 Å². The van der Waals surface area contributed by atoms with Crippen LogP contribution < -0.4 is 9.62 Å². The molecule has 1 N–H and O–H groups in total. The number of hydrogen-bond acceptors (Lipinski definition) is 4. The molecule has 1 aliphatic rings. The molecule has 0 bridgehead atoms. The van der Waals surface area contributed by atoms with Crippen molar-refractivity contribution < 1.29 is 21.6 Å². The van der Waals surface area contributed by atoms with Crippen molar-refractivity contribution in [2.24, 2.45) is 0 Å². The average molecular weight is 447 g/mol. The molecule has 0 amide bonds. The van der Waals surface area contributed by atoms with Crippen LogP contribution in [0.1, 0.15) is 12.0 Å². The number of nitrogens with one attached hydrogen (secondary N) is 1. The van der Waals surface area contributed by atoms with Crippen LogP contribution in [-0.4, -0.2) is 32.5 Å². The fourth-order valence-corrected chi connectivity index (χ4v) is 4.86. The van der Waals surface area contributed by atoms with E-state index in [-0.39, 0.29) is 10.9 Å². The van der Waals surface area contributed by atoms with Crippen LogP contribution >= 0.6 is 0 Å². The molecule has 2 aromatic carbocycles. The van der Waals surface area contributed by atoms with Crippen LogP contribution in [-0.2, 0) is 16.2 Å². The summed E-state index contributed by atoms with van der Waals surface area (Å²) in [6.45, 7) is 1.21. The molecule has 0 unspecified atom stereocenters. The molecule has 1 saturated heterocycles. The first-order valence-electron chi connectivity index (χ1n) is 9.68. The molecule has 9 heteroatoms. The monoisotopic (exact) mass is 447 g/mol. The Morgan fingerprint density at radius 2 is 1.74 bits per heavy atom. The fraction of sp³-hybridized carbons (Fsp3) is 0.227. The minimum absolute atomic E-state index is 0.0690. The van der Waals surface area contributed by atoms with Crippen LogP contribution in [0, 0.1) is 0 Å². The summed E-state index contributed by atoms with van der Waals surface area (Å²) in [6, 6.07) is 16.1. The number of hydrogen-bond donors (Lipinski definition) is 1. The van der Waals surface area contributed by atoms with Crippen molar-refractivity contribution in [3.63, 3.8) is 0 Å². The SMILES string of the molecule is O=S(=O)(N[C@H]1CCN(c2ccccn2)C1)c1ccc(-c2cccc(C(F)(F)F)c2)cc1. The summed E-state index contributed by atoms with van der Waals surface area (Å²) >= 11 is 0. The maximum Gasteiger partial charge on any atom is 0.416 e. The molecule has 0 radical (unpaired) electrons. The average Bonchev–Trinajstić information content (AvgIpc) is 3.22. The van der Waals surface area contributed by atoms with Crippen molar-refractivity contribution in [3.05, 3.63) is 78.5 Å². The molecule has 4 rings (SSSR count). The van der Waals surface area contributed by atoms with Crippen molar-refractivity contribution in [2.45, 2.75) is 23.5 Å². The molecule has 0 aliphatic carbocycles. The quantitative estimate of drug-likeness (QED) is 0.633. The van der Waals surface area contributed by atoms with E-state index in [0.717, 1.165) is 18.0 Å². The lowest BCUT2D eigenvalue weighted by molar-refractivity contribution is -0.137. The van der Waals surface area contributed by atoms with E-state index in [1.807, 2.05) is 23.1 Å². The van der Waals surface area contributed by atoms with Crippen molar-refractivity contribution in [2.75, 3.05) is 18.0 Å². The Balaban J connectivity index is 1.46. The highest BCUT2D eigenvalue weighted by Crippen LogP contribution is 2.32. The molecule has 31 heavy (non-hydrogen) atoms. The molecular weight excluding hydrogens is 427 g/mol. The number of rotatable bonds is 5. The summed E-state index contributed by atoms with van der Waals surface area (Å²) in [6.07, 6.45) is -2.09. The number of sulfonamides is 1. The van der Waals surface area contributed by atoms with Gasteiger partial charge in [-0.2, -0.15) is 13.2 Å². The Hall–Kier alpha value is -2.91. The second-order valence-corrected chi connectivity index (χ2v) is 9.06. The Morgan fingerprint density at radius 1 is 0.968 bits per heavy atom. The first kappa shape index (κ1) is 21.3. The van der Waals surface area contributed by atoms with Crippen LogP contribution in [0.5, 0.6) is 0 Å². The highest BCUT2D eigenvalue weighted by molar-refractivity contribution is 7.89. The van der Waals surface area contributed by atoms with Gasteiger partial charge in [-0.25, -0.2) is 18.1 Å². The molecule has 1 aliphatic heterocycles. The number of pyridine rings is 1. The molecule has 1 fully saturated rings. The van der Waals surface area contributed by atoms with Gasteiger partial charge in [0.2, 0.25) is 10.0 Å². The van der Waals surface area contributed by atoms with Crippen LogP contribution in [0.15, 0.2) is 77.8 Å². The van der Waals surface area contributed by atoms with Crippen molar-refractivity contribution in [1.82, 2.24) is 9.71 Å². The summed E-state index contributed by atoms with van der Waals surface area (Å²) in [7, 11) is -3.76. The zero-order valence-corrected chi connectivity index (χ0v) is 17.2. The van der Waals surface area contributed by atoms with Crippen LogP contribution in [0.3, 0.4) is 0 Å². The first-order chi connectivity index (χ1) is 14.7. The first-order valence-corrected chi connectivity index (χ1v) is 11.2. The van der Waals surface area contributed by atoms with Crippen molar-refractivity contribution >= 4 is 15.8 Å². The van der Waals surface area contributed by atoms with Gasteiger partial charge in [0.15, 0.2) is 0 Å². The summed E-state index contributed by atoms with van der Waals surface area (Å²) < 4.78 is 67.1. The lowest BCUT2D eigenvalue weighted by atomic mass is 10.0. The third kappa shape index (κ3) is 4.88. The maximum atomic E-state index is 12.9. The Bertz CT molecular complexity index is 1150. The van der Waals surface area contributed by atoms with Gasteiger partial charge in [-0.3, -0.25) is 0 Å². The van der Waals surface area contributed by atoms with E-state index in [2.05, 4.69) is 9.71 Å². The smallest absolute Gasteiger partial charge is 0.355 e. The Kier molecular flexibility index (Phi) is 5.72. The summed E-state index contributed by atoms with van der Waals surface area (Å²) in [5.41, 5.74) is 0.128. The molecule has 3 aromatic rings.